The third-order valence-electron chi connectivity index (χ3n) is 3.89. The van der Waals surface area contributed by atoms with Crippen LogP contribution in [0.3, 0.4) is 0 Å². The molecule has 6 nitrogen and oxygen atoms in total. The van der Waals surface area contributed by atoms with Gasteiger partial charge in [0, 0.05) is 28.3 Å². The average Bonchev–Trinajstić information content (AvgIpc) is 2.71. The van der Waals surface area contributed by atoms with Gasteiger partial charge in [0.25, 0.3) is 5.91 Å². The first-order chi connectivity index (χ1) is 13.2. The molecule has 6 heteroatoms. The van der Waals surface area contributed by atoms with Crippen molar-refractivity contribution in [1.29, 1.82) is 0 Å². The minimum Gasteiger partial charge on any atom is -0.497 e. The molecule has 3 rings (SSSR count). The highest BCUT2D eigenvalue weighted by Crippen LogP contribution is 2.21. The largest absolute Gasteiger partial charge is 0.497 e. The molecule has 0 spiro atoms. The Labute approximate surface area is 157 Å². The lowest BCUT2D eigenvalue weighted by molar-refractivity contribution is -0.105. The summed E-state index contributed by atoms with van der Waals surface area (Å²) in [6, 6.07) is 21.7. The smallest absolute Gasteiger partial charge is 0.255 e. The Hall–Kier alpha value is -3.80. The summed E-state index contributed by atoms with van der Waals surface area (Å²) in [5.74, 6) is 0.522. The molecule has 0 aromatic heterocycles. The molecule has 27 heavy (non-hydrogen) atoms. The molecule has 0 unspecified atom stereocenters. The molecule has 0 bridgehead atoms. The van der Waals surface area contributed by atoms with E-state index in [4.69, 9.17) is 4.74 Å². The van der Waals surface area contributed by atoms with Gasteiger partial charge in [-0.15, -0.1) is 0 Å². The molecular formula is C21H19N3O3. The van der Waals surface area contributed by atoms with E-state index >= 15 is 0 Å². The van der Waals surface area contributed by atoms with E-state index < -0.39 is 0 Å². The Bertz CT molecular complexity index is 905. The number of amides is 2. The van der Waals surface area contributed by atoms with Crippen molar-refractivity contribution >= 4 is 35.1 Å². The number of hydrogen-bond donors (Lipinski definition) is 3. The summed E-state index contributed by atoms with van der Waals surface area (Å²) in [7, 11) is 1.58. The summed E-state index contributed by atoms with van der Waals surface area (Å²) in [4.78, 5) is 22.7. The second-order valence-electron chi connectivity index (χ2n) is 5.72. The molecule has 0 saturated carbocycles. The van der Waals surface area contributed by atoms with E-state index in [1.165, 1.54) is 0 Å². The first-order valence-corrected chi connectivity index (χ1v) is 8.30. The first-order valence-electron chi connectivity index (χ1n) is 8.30. The summed E-state index contributed by atoms with van der Waals surface area (Å²) in [6.07, 6.45) is 0.640. The second-order valence-corrected chi connectivity index (χ2v) is 5.72. The fraction of sp³-hybridized carbons (Fsp3) is 0.0476. The molecule has 2 amide bonds. The zero-order valence-corrected chi connectivity index (χ0v) is 14.7. The Morgan fingerprint density at radius 1 is 0.778 bits per heavy atom. The number of hydrogen-bond acceptors (Lipinski definition) is 4. The van der Waals surface area contributed by atoms with Crippen molar-refractivity contribution in [2.75, 3.05) is 23.1 Å². The maximum atomic E-state index is 12.3. The standard InChI is InChI=1S/C21H19N3O3/c1-27-20-12-2-15(3-13-20)21(26)24-19-10-8-18(9-11-19)23-17-6-4-16(5-7-17)22-14-25/h2-14,23H,1H3,(H,22,25)(H,24,26). The van der Waals surface area contributed by atoms with E-state index in [9.17, 15) is 9.59 Å². The van der Waals surface area contributed by atoms with Crippen LogP contribution in [0.15, 0.2) is 72.8 Å². The molecule has 3 aromatic carbocycles. The zero-order chi connectivity index (χ0) is 19.1. The van der Waals surface area contributed by atoms with Crippen molar-refractivity contribution in [2.24, 2.45) is 0 Å². The van der Waals surface area contributed by atoms with Crippen LogP contribution >= 0.6 is 0 Å². The Morgan fingerprint density at radius 3 is 1.81 bits per heavy atom. The van der Waals surface area contributed by atoms with Gasteiger partial charge < -0.3 is 20.7 Å². The van der Waals surface area contributed by atoms with Crippen molar-refractivity contribution < 1.29 is 14.3 Å². The Morgan fingerprint density at radius 2 is 1.30 bits per heavy atom. The molecular weight excluding hydrogens is 342 g/mol. The minimum atomic E-state index is -0.184. The van der Waals surface area contributed by atoms with Crippen molar-refractivity contribution in [1.82, 2.24) is 0 Å². The number of carbonyl (C=O) groups excluding carboxylic acids is 2. The van der Waals surface area contributed by atoms with Crippen LogP contribution < -0.4 is 20.7 Å². The third kappa shape index (κ3) is 4.85. The topological polar surface area (TPSA) is 79.5 Å². The van der Waals surface area contributed by atoms with Gasteiger partial charge >= 0.3 is 0 Å². The van der Waals surface area contributed by atoms with Crippen molar-refractivity contribution in [3.63, 3.8) is 0 Å². The van der Waals surface area contributed by atoms with E-state index in [1.54, 1.807) is 43.5 Å². The second kappa shape index (κ2) is 8.53. The van der Waals surface area contributed by atoms with Gasteiger partial charge in [-0.25, -0.2) is 0 Å². The fourth-order valence-corrected chi connectivity index (χ4v) is 2.47. The fourth-order valence-electron chi connectivity index (χ4n) is 2.47. The monoisotopic (exact) mass is 361 g/mol. The molecule has 0 saturated heterocycles. The molecule has 136 valence electrons. The molecule has 3 N–H and O–H groups in total. The van der Waals surface area contributed by atoms with Crippen molar-refractivity contribution in [2.45, 2.75) is 0 Å². The first kappa shape index (κ1) is 18.0. The van der Waals surface area contributed by atoms with Crippen LogP contribution in [-0.4, -0.2) is 19.4 Å². The highest BCUT2D eigenvalue weighted by atomic mass is 16.5. The molecule has 3 aromatic rings. The molecule has 0 atom stereocenters. The predicted octanol–water partition coefficient (Wildman–Crippen LogP) is 4.26. The van der Waals surface area contributed by atoms with Crippen LogP contribution in [0.5, 0.6) is 5.75 Å². The number of methoxy groups -OCH3 is 1. The van der Waals surface area contributed by atoms with Gasteiger partial charge in [-0.1, -0.05) is 0 Å². The Balaban J connectivity index is 1.60. The quantitative estimate of drug-likeness (QED) is 0.550. The lowest BCUT2D eigenvalue weighted by Crippen LogP contribution is -2.11. The van der Waals surface area contributed by atoms with E-state index in [1.807, 2.05) is 36.4 Å². The van der Waals surface area contributed by atoms with Crippen LogP contribution in [0.2, 0.25) is 0 Å². The van der Waals surface area contributed by atoms with Gasteiger partial charge in [0.15, 0.2) is 0 Å². The lowest BCUT2D eigenvalue weighted by atomic mass is 10.2. The molecule has 0 aliphatic rings. The van der Waals surface area contributed by atoms with Crippen LogP contribution in [0, 0.1) is 0 Å². The zero-order valence-electron chi connectivity index (χ0n) is 14.7. The van der Waals surface area contributed by atoms with Crippen molar-refractivity contribution in [3.8, 4) is 5.75 Å². The Kier molecular flexibility index (Phi) is 5.69. The molecule has 0 radical (unpaired) electrons. The SMILES string of the molecule is COc1ccc(C(=O)Nc2ccc(Nc3ccc(NC=O)cc3)cc2)cc1. The summed E-state index contributed by atoms with van der Waals surface area (Å²) < 4.78 is 5.09. The van der Waals surface area contributed by atoms with Crippen LogP contribution in [0.25, 0.3) is 0 Å². The lowest BCUT2D eigenvalue weighted by Gasteiger charge is -2.09. The molecule has 0 aliphatic carbocycles. The van der Waals surface area contributed by atoms with Crippen LogP contribution in [-0.2, 0) is 4.79 Å². The number of carbonyl (C=O) groups is 2. The summed E-state index contributed by atoms with van der Waals surface area (Å²) in [6.45, 7) is 0. The van der Waals surface area contributed by atoms with Gasteiger partial charge in [0.05, 0.1) is 7.11 Å². The summed E-state index contributed by atoms with van der Waals surface area (Å²) >= 11 is 0. The van der Waals surface area contributed by atoms with Gasteiger partial charge in [-0.3, -0.25) is 9.59 Å². The van der Waals surface area contributed by atoms with Crippen LogP contribution in [0.4, 0.5) is 22.7 Å². The maximum absolute atomic E-state index is 12.3. The number of nitrogens with one attached hydrogen (secondary N) is 3. The summed E-state index contributed by atoms with van der Waals surface area (Å²) in [5, 5.41) is 8.70. The molecule has 0 fully saturated rings. The maximum Gasteiger partial charge on any atom is 0.255 e. The van der Waals surface area contributed by atoms with Gasteiger partial charge in [-0.05, 0) is 72.8 Å². The van der Waals surface area contributed by atoms with Gasteiger partial charge in [-0.2, -0.15) is 0 Å². The van der Waals surface area contributed by atoms with Crippen LogP contribution in [0.1, 0.15) is 10.4 Å². The number of rotatable bonds is 7. The van der Waals surface area contributed by atoms with E-state index in [-0.39, 0.29) is 5.91 Å². The molecule has 0 aliphatic heterocycles. The third-order valence-corrected chi connectivity index (χ3v) is 3.89. The highest BCUT2D eigenvalue weighted by molar-refractivity contribution is 6.04. The van der Waals surface area contributed by atoms with Gasteiger partial charge in [0.2, 0.25) is 6.41 Å². The average molecular weight is 361 g/mol. The van der Waals surface area contributed by atoms with E-state index in [2.05, 4.69) is 16.0 Å². The number of benzene rings is 3. The van der Waals surface area contributed by atoms with E-state index in [0.717, 1.165) is 17.1 Å². The molecule has 0 heterocycles. The number of anilines is 4. The predicted molar refractivity (Wildman–Crippen MR) is 107 cm³/mol. The number of ether oxygens (including phenoxy) is 1. The minimum absolute atomic E-state index is 0.184. The summed E-state index contributed by atoms with van der Waals surface area (Å²) in [5.41, 5.74) is 3.76. The van der Waals surface area contributed by atoms with Gasteiger partial charge in [0.1, 0.15) is 5.75 Å². The van der Waals surface area contributed by atoms with E-state index in [0.29, 0.717) is 23.4 Å². The van der Waals surface area contributed by atoms with Crippen molar-refractivity contribution in [3.05, 3.63) is 78.4 Å². The normalized spacial score (nSPS) is 9.96. The highest BCUT2D eigenvalue weighted by Gasteiger charge is 2.06.